The van der Waals surface area contributed by atoms with E-state index in [9.17, 15) is 9.90 Å². The third-order valence-corrected chi connectivity index (χ3v) is 8.34. The lowest BCUT2D eigenvalue weighted by Crippen LogP contribution is -2.58. The Labute approximate surface area is 204 Å². The summed E-state index contributed by atoms with van der Waals surface area (Å²) in [5.41, 5.74) is 0.646. The molecule has 1 aliphatic carbocycles. The molecule has 1 saturated carbocycles. The topological polar surface area (TPSA) is 49.8 Å². The summed E-state index contributed by atoms with van der Waals surface area (Å²) in [4.78, 5) is 15.7. The zero-order valence-electron chi connectivity index (χ0n) is 21.1. The van der Waals surface area contributed by atoms with Crippen LogP contribution >= 0.6 is 0 Å². The number of benzene rings is 2. The number of likely N-dealkylation sites (N-methyl/N-ethyl adjacent to an activating group) is 1. The Balaban J connectivity index is 1.40. The fourth-order valence-corrected chi connectivity index (χ4v) is 6.01. The maximum Gasteiger partial charge on any atom is 0.259 e. The van der Waals surface area contributed by atoms with Crippen LogP contribution in [0, 0.1) is 5.92 Å². The number of ether oxygens (including phenoxy) is 1. The molecule has 34 heavy (non-hydrogen) atoms. The van der Waals surface area contributed by atoms with E-state index in [0.717, 1.165) is 67.3 Å². The number of quaternary nitrogens is 1. The third-order valence-electron chi connectivity index (χ3n) is 8.34. The number of hydrogen-bond acceptors (Lipinski definition) is 3. The molecule has 0 spiro atoms. The van der Waals surface area contributed by atoms with Gasteiger partial charge in [0.1, 0.15) is 5.75 Å². The van der Waals surface area contributed by atoms with Crippen molar-refractivity contribution in [3.8, 4) is 5.75 Å². The van der Waals surface area contributed by atoms with Crippen molar-refractivity contribution < 1.29 is 19.1 Å². The first-order valence-corrected chi connectivity index (χ1v) is 12.9. The number of rotatable bonds is 8. The molecule has 0 radical (unpaired) electrons. The number of aliphatic hydroxyl groups is 1. The second kappa shape index (κ2) is 10.5. The van der Waals surface area contributed by atoms with Crippen molar-refractivity contribution in [2.45, 2.75) is 56.6 Å². The fraction of sp³-hybridized carbons (Fsp3) is 0.552. The molecule has 1 saturated heterocycles. The van der Waals surface area contributed by atoms with Gasteiger partial charge in [-0.3, -0.25) is 4.79 Å². The van der Waals surface area contributed by atoms with Gasteiger partial charge < -0.3 is 19.2 Å². The molecular formula is C29H41N2O3+. The molecule has 2 aliphatic rings. The third kappa shape index (κ3) is 5.16. The van der Waals surface area contributed by atoms with E-state index in [2.05, 4.69) is 32.3 Å². The van der Waals surface area contributed by atoms with Crippen LogP contribution in [0.2, 0.25) is 0 Å². The molecule has 184 valence electrons. The van der Waals surface area contributed by atoms with Crippen molar-refractivity contribution in [1.82, 2.24) is 4.90 Å². The lowest BCUT2D eigenvalue weighted by atomic mass is 9.78. The minimum absolute atomic E-state index is 0.00945. The summed E-state index contributed by atoms with van der Waals surface area (Å²) in [6.45, 7) is 2.47. The van der Waals surface area contributed by atoms with Gasteiger partial charge in [-0.1, -0.05) is 55.3 Å². The average Bonchev–Trinajstić information content (AvgIpc) is 3.43. The Morgan fingerprint density at radius 1 is 1.03 bits per heavy atom. The molecule has 1 atom stereocenters. The van der Waals surface area contributed by atoms with Crippen LogP contribution < -0.4 is 4.74 Å². The number of carbonyl (C=O) groups is 1. The van der Waals surface area contributed by atoms with Crippen LogP contribution in [-0.4, -0.2) is 67.3 Å². The first kappa shape index (κ1) is 24.7. The summed E-state index contributed by atoms with van der Waals surface area (Å²) in [5, 5.41) is 11.9. The predicted octanol–water partition coefficient (Wildman–Crippen LogP) is 4.38. The number of carbonyl (C=O) groups excluding carboxylic acids is 1. The molecule has 1 amide bonds. The molecule has 1 aliphatic heterocycles. The van der Waals surface area contributed by atoms with Crippen LogP contribution in [-0.2, 0) is 16.8 Å². The molecule has 1 unspecified atom stereocenters. The molecule has 4 rings (SSSR count). The van der Waals surface area contributed by atoms with Gasteiger partial charge in [-0.25, -0.2) is 0 Å². The van der Waals surface area contributed by atoms with Crippen molar-refractivity contribution >= 4 is 5.91 Å². The van der Waals surface area contributed by atoms with Crippen LogP contribution in [0.3, 0.4) is 0 Å². The summed E-state index contributed by atoms with van der Waals surface area (Å²) in [6, 6.07) is 18.5. The van der Waals surface area contributed by atoms with Crippen molar-refractivity contribution in [2.24, 2.45) is 5.92 Å². The van der Waals surface area contributed by atoms with Crippen molar-refractivity contribution in [2.75, 3.05) is 40.8 Å². The predicted molar refractivity (Wildman–Crippen MR) is 136 cm³/mol. The molecular weight excluding hydrogens is 424 g/mol. The summed E-state index contributed by atoms with van der Waals surface area (Å²) >= 11 is 0. The van der Waals surface area contributed by atoms with Gasteiger partial charge in [0.2, 0.25) is 0 Å². The van der Waals surface area contributed by atoms with Gasteiger partial charge in [0.15, 0.2) is 5.60 Å². The van der Waals surface area contributed by atoms with Gasteiger partial charge in [0, 0.05) is 38.3 Å². The second-order valence-electron chi connectivity index (χ2n) is 10.7. The molecule has 0 bridgehead atoms. The minimum atomic E-state index is -1.40. The van der Waals surface area contributed by atoms with Gasteiger partial charge in [-0.2, -0.15) is 0 Å². The van der Waals surface area contributed by atoms with Crippen LogP contribution in [0.4, 0.5) is 0 Å². The quantitative estimate of drug-likeness (QED) is 0.589. The second-order valence-corrected chi connectivity index (χ2v) is 10.7. The van der Waals surface area contributed by atoms with Crippen molar-refractivity contribution in [1.29, 1.82) is 0 Å². The van der Waals surface area contributed by atoms with Crippen molar-refractivity contribution in [3.05, 3.63) is 65.7 Å². The van der Waals surface area contributed by atoms with E-state index in [4.69, 9.17) is 4.74 Å². The maximum atomic E-state index is 13.8. The van der Waals surface area contributed by atoms with E-state index in [1.807, 2.05) is 41.3 Å². The van der Waals surface area contributed by atoms with Crippen LogP contribution in [0.15, 0.2) is 54.6 Å². The highest BCUT2D eigenvalue weighted by Crippen LogP contribution is 2.42. The Hall–Kier alpha value is -2.37. The Bertz CT molecular complexity index is 947. The molecule has 5 nitrogen and oxygen atoms in total. The van der Waals surface area contributed by atoms with Gasteiger partial charge >= 0.3 is 0 Å². The minimum Gasteiger partial charge on any atom is -0.497 e. The van der Waals surface area contributed by atoms with Gasteiger partial charge in [0.05, 0.1) is 33.8 Å². The van der Waals surface area contributed by atoms with E-state index >= 15 is 0 Å². The summed E-state index contributed by atoms with van der Waals surface area (Å²) < 4.78 is 6.31. The summed E-state index contributed by atoms with van der Waals surface area (Å²) in [7, 11) is 6.32. The van der Waals surface area contributed by atoms with Crippen LogP contribution in [0.5, 0.6) is 5.75 Å². The maximum absolute atomic E-state index is 13.8. The monoisotopic (exact) mass is 465 g/mol. The fourth-order valence-electron chi connectivity index (χ4n) is 6.01. The molecule has 2 aromatic carbocycles. The normalized spacial score (nSPS) is 19.7. The lowest BCUT2D eigenvalue weighted by Gasteiger charge is -2.45. The highest BCUT2D eigenvalue weighted by atomic mass is 16.5. The van der Waals surface area contributed by atoms with E-state index in [0.29, 0.717) is 19.1 Å². The van der Waals surface area contributed by atoms with E-state index in [1.165, 1.54) is 5.56 Å². The molecule has 1 N–H and O–H groups in total. The molecule has 0 aromatic heterocycles. The Morgan fingerprint density at radius 3 is 2.35 bits per heavy atom. The number of methoxy groups -OCH3 is 1. The summed E-state index contributed by atoms with van der Waals surface area (Å²) in [6.07, 6.45) is 6.95. The van der Waals surface area contributed by atoms with Crippen LogP contribution in [0.25, 0.3) is 0 Å². The smallest absolute Gasteiger partial charge is 0.259 e. The van der Waals surface area contributed by atoms with E-state index in [-0.39, 0.29) is 11.8 Å². The number of piperidine rings is 1. The molecule has 2 fully saturated rings. The highest BCUT2D eigenvalue weighted by Gasteiger charge is 2.49. The number of amides is 1. The zero-order chi connectivity index (χ0) is 24.2. The lowest BCUT2D eigenvalue weighted by molar-refractivity contribution is -0.916. The van der Waals surface area contributed by atoms with Gasteiger partial charge in [-0.05, 0) is 36.1 Å². The largest absolute Gasteiger partial charge is 0.497 e. The van der Waals surface area contributed by atoms with Gasteiger partial charge in [0.25, 0.3) is 5.91 Å². The zero-order valence-corrected chi connectivity index (χ0v) is 21.1. The number of likely N-dealkylation sites (tertiary alicyclic amines) is 1. The summed E-state index contributed by atoms with van der Waals surface area (Å²) in [5.74, 6) is 0.823. The van der Waals surface area contributed by atoms with Gasteiger partial charge in [-0.15, -0.1) is 0 Å². The standard InChI is InChI=1S/C29H41N2O3/c1-31(2,21-18-23-10-9-15-27(22-23)34-3)26-16-19-30(20-17-26)28(32)29(33,25-13-7-8-14-25)24-11-5-4-6-12-24/h4-6,9-12,15,22,25-26,33H,7-8,13-14,16-21H2,1-3H3/q+1. The SMILES string of the molecule is COc1cccc(CC[N+](C)(C)C2CCN(C(=O)C(O)(c3ccccc3)C3CCCC3)CC2)c1. The number of nitrogens with zero attached hydrogens (tertiary/aromatic N) is 2. The van der Waals surface area contributed by atoms with Crippen molar-refractivity contribution in [3.63, 3.8) is 0 Å². The van der Waals surface area contributed by atoms with E-state index < -0.39 is 5.60 Å². The first-order chi connectivity index (χ1) is 16.3. The molecule has 1 heterocycles. The van der Waals surface area contributed by atoms with E-state index in [1.54, 1.807) is 7.11 Å². The average molecular weight is 466 g/mol. The Kier molecular flexibility index (Phi) is 7.63. The molecule has 2 aromatic rings. The number of hydrogen-bond donors (Lipinski definition) is 1. The van der Waals surface area contributed by atoms with Crippen LogP contribution in [0.1, 0.15) is 49.7 Å². The Morgan fingerprint density at radius 2 is 1.71 bits per heavy atom. The highest BCUT2D eigenvalue weighted by molar-refractivity contribution is 5.87. The molecule has 5 heteroatoms. The first-order valence-electron chi connectivity index (χ1n) is 12.9.